The fourth-order valence-corrected chi connectivity index (χ4v) is 9.69. The van der Waals surface area contributed by atoms with Crippen molar-refractivity contribution in [2.75, 3.05) is 18.2 Å². The number of ether oxygens (including phenoxy) is 5. The number of anilines is 1. The summed E-state index contributed by atoms with van der Waals surface area (Å²) in [4.78, 5) is 92.4. The van der Waals surface area contributed by atoms with Crippen molar-refractivity contribution in [1.82, 2.24) is 25.1 Å². The van der Waals surface area contributed by atoms with Crippen molar-refractivity contribution < 1.29 is 61.9 Å². The lowest BCUT2D eigenvalue weighted by Crippen LogP contribution is -2.71. The average Bonchev–Trinajstić information content (AvgIpc) is 4.02. The molecule has 7 rings (SSSR count). The van der Waals surface area contributed by atoms with Gasteiger partial charge in [0, 0.05) is 41.1 Å². The number of thiazole rings is 1. The number of rotatable bonds is 16. The lowest BCUT2D eigenvalue weighted by atomic mass is 10.0. The van der Waals surface area contributed by atoms with Crippen molar-refractivity contribution >= 4 is 86.6 Å². The molecular weight excluding hydrogens is 1030 g/mol. The number of carbonyl (C=O) groups is 6. The maximum absolute atomic E-state index is 14.4. The van der Waals surface area contributed by atoms with Gasteiger partial charge in [-0.25, -0.2) is 28.7 Å². The molecule has 0 aliphatic carbocycles. The Hall–Kier alpha value is -7.79. The molecule has 2 aliphatic rings. The molecule has 0 spiro atoms. The molecule has 2 atom stereocenters. The lowest BCUT2D eigenvalue weighted by molar-refractivity contribution is -0.687. The molecule has 1 fully saturated rings. The third-order valence-electron chi connectivity index (χ3n) is 11.2. The highest BCUT2D eigenvalue weighted by molar-refractivity contribution is 8.00. The first-order valence-electron chi connectivity index (χ1n) is 24.5. The summed E-state index contributed by atoms with van der Waals surface area (Å²) in [6.45, 7) is 18.9. The zero-order chi connectivity index (χ0) is 56.2. The standard InChI is InChI=1S/C54H63N9O12S2/c1-51(2,3)72-47(67)54(10,11)75-60-39(37-30-77-48(56-37)59-50(69)74-53(7,8)9)43(64)57-40-44(65)63-41(46(66)71-28-32-15-19-36(70-12)20-16-32)35(29-76-45(40)63)27-61-23-22-38-34(26-61)21-24-62(38)25-31-13-17-33(18-14-31)42(55)58-49(68)73-52(4,5)6/h13-24,26,30,40,45H,25,27-29H2,1-12H3,(H3-,55,56,57,58,59,64,68,69)/p+1/b60-39-/t40-,45-/m1/s1. The van der Waals surface area contributed by atoms with E-state index in [9.17, 15) is 28.8 Å². The van der Waals surface area contributed by atoms with Gasteiger partial charge in [0.1, 0.15) is 57.8 Å². The van der Waals surface area contributed by atoms with Crippen LogP contribution in [0.4, 0.5) is 14.7 Å². The number of amidine groups is 1. The normalized spacial score (nSPS) is 15.9. The molecule has 4 N–H and O–H groups in total. The van der Waals surface area contributed by atoms with Crippen LogP contribution in [0.2, 0.25) is 0 Å². The third-order valence-corrected chi connectivity index (χ3v) is 13.3. The minimum atomic E-state index is -1.69. The number of nitrogens with zero attached hydrogens (tertiary/aromatic N) is 5. The van der Waals surface area contributed by atoms with Gasteiger partial charge >= 0.3 is 24.1 Å². The first-order chi connectivity index (χ1) is 36.1. The molecule has 408 valence electrons. The molecule has 2 aliphatic heterocycles. The highest BCUT2D eigenvalue weighted by atomic mass is 32.2. The number of hydrogen-bond donors (Lipinski definition) is 4. The fraction of sp³-hybridized carbons (Fsp3) is 0.407. The number of alkyl carbamates (subject to hydrolysis) is 1. The van der Waals surface area contributed by atoms with Crippen molar-refractivity contribution in [3.63, 3.8) is 0 Å². The highest BCUT2D eigenvalue weighted by Gasteiger charge is 2.55. The van der Waals surface area contributed by atoms with E-state index in [1.807, 2.05) is 47.4 Å². The van der Waals surface area contributed by atoms with E-state index in [-0.39, 0.29) is 41.3 Å². The number of carbonyl (C=O) groups excluding carboxylic acids is 6. The van der Waals surface area contributed by atoms with Gasteiger partial charge in [0.2, 0.25) is 5.60 Å². The zero-order valence-corrected chi connectivity index (χ0v) is 46.7. The molecule has 0 bridgehead atoms. The number of esters is 2. The molecule has 0 radical (unpaired) electrons. The summed E-state index contributed by atoms with van der Waals surface area (Å²) >= 11 is 2.32. The largest absolute Gasteiger partial charge is 0.497 e. The predicted octanol–water partition coefficient (Wildman–Crippen LogP) is 7.58. The third kappa shape index (κ3) is 14.8. The summed E-state index contributed by atoms with van der Waals surface area (Å²) in [5.74, 6) is -2.15. The SMILES string of the molecule is COc1ccc(COC(=O)C2=C(C[n+]3ccc4c(ccn4Cc4ccc(C(=N)NC(=O)OC(C)(C)C)cc4)c3)CS[C@@H]3[C@H](NC(=O)/C(=N\OC(C)(C)C(=O)OC(C)(C)C)c4csc(NC(=O)OC(C)(C)C)n4)C(=O)N23)cc1. The number of β-lactam (4-membered cyclic amide) rings is 1. The summed E-state index contributed by atoms with van der Waals surface area (Å²) in [6, 6.07) is 17.1. The van der Waals surface area contributed by atoms with Crippen LogP contribution >= 0.6 is 23.1 Å². The van der Waals surface area contributed by atoms with Crippen LogP contribution in [0.1, 0.15) is 98.5 Å². The maximum Gasteiger partial charge on any atom is 0.413 e. The van der Waals surface area contributed by atoms with E-state index in [0.29, 0.717) is 29.0 Å². The average molecular weight is 1100 g/mol. The van der Waals surface area contributed by atoms with Gasteiger partial charge in [-0.3, -0.25) is 30.5 Å². The number of nitrogens with one attached hydrogen (secondary N) is 4. The van der Waals surface area contributed by atoms with E-state index in [1.54, 1.807) is 106 Å². The fourth-order valence-electron chi connectivity index (χ4n) is 7.67. The van der Waals surface area contributed by atoms with Crippen LogP contribution in [0.15, 0.2) is 101 Å². The molecule has 21 nitrogen and oxygen atoms in total. The molecule has 0 saturated carbocycles. The lowest BCUT2D eigenvalue weighted by Gasteiger charge is -2.49. The van der Waals surface area contributed by atoms with Gasteiger partial charge in [0.15, 0.2) is 29.8 Å². The van der Waals surface area contributed by atoms with E-state index in [1.165, 1.54) is 35.9 Å². The van der Waals surface area contributed by atoms with Crippen molar-refractivity contribution in [2.24, 2.45) is 5.16 Å². The number of hydrogen-bond acceptors (Lipinski definition) is 17. The Morgan fingerprint density at radius 1 is 0.844 bits per heavy atom. The van der Waals surface area contributed by atoms with Crippen LogP contribution in [-0.2, 0) is 62.7 Å². The van der Waals surface area contributed by atoms with E-state index >= 15 is 0 Å². The number of fused-ring (bicyclic) bond motifs is 2. The van der Waals surface area contributed by atoms with Gasteiger partial charge in [0.25, 0.3) is 11.8 Å². The Kier molecular flexibility index (Phi) is 16.9. The second-order valence-corrected chi connectivity index (χ2v) is 23.5. The van der Waals surface area contributed by atoms with Gasteiger partial charge in [-0.15, -0.1) is 23.1 Å². The molecule has 3 aromatic heterocycles. The van der Waals surface area contributed by atoms with Gasteiger partial charge in [-0.1, -0.05) is 41.6 Å². The van der Waals surface area contributed by atoms with E-state index < -0.39 is 75.5 Å². The quantitative estimate of drug-likeness (QED) is 0.0141. The molecule has 2 aromatic carbocycles. The molecule has 4 amide bonds. The Morgan fingerprint density at radius 2 is 1.49 bits per heavy atom. The molecule has 5 aromatic rings. The number of benzene rings is 2. The summed E-state index contributed by atoms with van der Waals surface area (Å²) in [7, 11) is 1.55. The van der Waals surface area contributed by atoms with Crippen LogP contribution in [0.3, 0.4) is 0 Å². The Morgan fingerprint density at radius 3 is 2.14 bits per heavy atom. The Labute approximate surface area is 454 Å². The van der Waals surface area contributed by atoms with Crippen LogP contribution in [0.25, 0.3) is 10.9 Å². The number of amides is 4. The van der Waals surface area contributed by atoms with Crippen molar-refractivity contribution in [3.8, 4) is 5.75 Å². The molecule has 23 heteroatoms. The number of oxime groups is 1. The second-order valence-electron chi connectivity index (χ2n) is 21.5. The van der Waals surface area contributed by atoms with Crippen LogP contribution in [0, 0.1) is 5.41 Å². The van der Waals surface area contributed by atoms with Crippen molar-refractivity contribution in [2.45, 2.75) is 130 Å². The first-order valence-corrected chi connectivity index (χ1v) is 26.4. The zero-order valence-electron chi connectivity index (χ0n) is 45.0. The van der Waals surface area contributed by atoms with Crippen LogP contribution in [0.5, 0.6) is 5.75 Å². The highest BCUT2D eigenvalue weighted by Crippen LogP contribution is 2.41. The van der Waals surface area contributed by atoms with E-state index in [2.05, 4.69) is 30.7 Å². The van der Waals surface area contributed by atoms with Crippen LogP contribution in [-0.4, -0.2) is 109 Å². The number of thioether (sulfide) groups is 1. The van der Waals surface area contributed by atoms with Crippen molar-refractivity contribution in [3.05, 3.63) is 118 Å². The maximum atomic E-state index is 14.4. The van der Waals surface area contributed by atoms with Gasteiger partial charge in [0.05, 0.1) is 18.0 Å². The Bertz CT molecular complexity index is 3140. The molecular formula is C54H64N9O12S2+. The van der Waals surface area contributed by atoms with Gasteiger partial charge < -0.3 is 38.4 Å². The molecule has 1 saturated heterocycles. The monoisotopic (exact) mass is 1090 g/mol. The Balaban J connectivity index is 1.11. The number of pyridine rings is 1. The predicted molar refractivity (Wildman–Crippen MR) is 288 cm³/mol. The van der Waals surface area contributed by atoms with E-state index in [0.717, 1.165) is 27.8 Å². The van der Waals surface area contributed by atoms with Gasteiger partial charge in [-0.2, -0.15) is 0 Å². The summed E-state index contributed by atoms with van der Waals surface area (Å²) in [6.07, 6.45) is 4.31. The summed E-state index contributed by atoms with van der Waals surface area (Å²) in [5, 5.41) is 21.9. The minimum Gasteiger partial charge on any atom is -0.497 e. The minimum absolute atomic E-state index is 0.0462. The summed E-state index contributed by atoms with van der Waals surface area (Å²) in [5.41, 5.74) is -0.756. The molecule has 0 unspecified atom stereocenters. The van der Waals surface area contributed by atoms with E-state index in [4.69, 9.17) is 33.9 Å². The van der Waals surface area contributed by atoms with Gasteiger partial charge in [-0.05, 0) is 105 Å². The topological polar surface area (TPSA) is 255 Å². The number of methoxy groups -OCH3 is 1. The molecule has 5 heterocycles. The smallest absolute Gasteiger partial charge is 0.413 e. The van der Waals surface area contributed by atoms with Crippen molar-refractivity contribution in [1.29, 1.82) is 5.41 Å². The summed E-state index contributed by atoms with van der Waals surface area (Å²) < 4.78 is 31.3. The molecule has 77 heavy (non-hydrogen) atoms. The second kappa shape index (κ2) is 22.8. The van der Waals surface area contributed by atoms with Crippen LogP contribution < -0.4 is 25.3 Å². The number of aromatic nitrogens is 3. The first kappa shape index (κ1) is 56.9.